The van der Waals surface area contributed by atoms with Crippen LogP contribution in [0.25, 0.3) is 0 Å². The van der Waals surface area contributed by atoms with Crippen LogP contribution in [0.5, 0.6) is 0 Å². The molecule has 0 unspecified atom stereocenters. The Morgan fingerprint density at radius 3 is 2.60 bits per heavy atom. The van der Waals surface area contributed by atoms with E-state index in [-0.39, 0.29) is 23.4 Å². The molecule has 0 aliphatic rings. The molecule has 0 aliphatic carbocycles. The topological polar surface area (TPSA) is 78.0 Å². The predicted octanol–water partition coefficient (Wildman–Crippen LogP) is 0.942. The van der Waals surface area contributed by atoms with Crippen molar-refractivity contribution < 1.29 is 8.42 Å². The van der Waals surface area contributed by atoms with E-state index in [2.05, 4.69) is 5.10 Å². The number of anilines is 1. The van der Waals surface area contributed by atoms with Crippen LogP contribution in [0.3, 0.4) is 0 Å². The van der Waals surface area contributed by atoms with Crippen molar-refractivity contribution in [2.75, 3.05) is 11.5 Å². The molecular formula is C8H14ClN3O2S. The highest BCUT2D eigenvalue weighted by atomic mass is 35.5. The van der Waals surface area contributed by atoms with Gasteiger partial charge in [-0.15, -0.1) is 0 Å². The van der Waals surface area contributed by atoms with Crippen molar-refractivity contribution in [3.63, 3.8) is 0 Å². The summed E-state index contributed by atoms with van der Waals surface area (Å²) in [5.41, 5.74) is 5.43. The second-order valence-electron chi connectivity index (χ2n) is 3.54. The van der Waals surface area contributed by atoms with Gasteiger partial charge >= 0.3 is 0 Å². The van der Waals surface area contributed by atoms with Crippen LogP contribution >= 0.6 is 11.6 Å². The van der Waals surface area contributed by atoms with Crippen molar-refractivity contribution in [3.8, 4) is 0 Å². The summed E-state index contributed by atoms with van der Waals surface area (Å²) in [5, 5.41) is 3.84. The highest BCUT2D eigenvalue weighted by Crippen LogP contribution is 2.15. The molecule has 1 aromatic rings. The van der Waals surface area contributed by atoms with E-state index in [4.69, 9.17) is 17.3 Å². The number of hydrogen-bond donors (Lipinski definition) is 1. The van der Waals surface area contributed by atoms with Gasteiger partial charge in [-0.1, -0.05) is 11.6 Å². The molecule has 0 saturated carbocycles. The second-order valence-corrected chi connectivity index (χ2v) is 6.63. The summed E-state index contributed by atoms with van der Waals surface area (Å²) in [6.07, 6.45) is 1.52. The maximum atomic E-state index is 11.5. The van der Waals surface area contributed by atoms with E-state index in [0.29, 0.717) is 5.02 Å². The predicted molar refractivity (Wildman–Crippen MR) is 60.6 cm³/mol. The van der Waals surface area contributed by atoms with E-state index in [1.54, 1.807) is 13.8 Å². The first kappa shape index (κ1) is 12.3. The lowest BCUT2D eigenvalue weighted by atomic mass is 10.6. The summed E-state index contributed by atoms with van der Waals surface area (Å²) in [4.78, 5) is 0. The number of aryl methyl sites for hydroxylation is 1. The van der Waals surface area contributed by atoms with Gasteiger partial charge in [-0.05, 0) is 13.8 Å². The maximum absolute atomic E-state index is 11.5. The monoisotopic (exact) mass is 251 g/mol. The minimum absolute atomic E-state index is 0.0438. The number of nitrogens with two attached hydrogens (primary N) is 1. The quantitative estimate of drug-likeness (QED) is 0.864. The van der Waals surface area contributed by atoms with Gasteiger partial charge in [-0.25, -0.2) is 8.42 Å². The zero-order chi connectivity index (χ0) is 11.6. The molecule has 0 aliphatic heterocycles. The van der Waals surface area contributed by atoms with Crippen LogP contribution in [0.2, 0.25) is 5.02 Å². The molecule has 0 spiro atoms. The Labute approximate surface area is 94.1 Å². The molecular weight excluding hydrogens is 238 g/mol. The SMILES string of the molecule is CC(C)S(=O)(=O)CCn1cc(Cl)c(N)n1. The Kier molecular flexibility index (Phi) is 3.62. The molecule has 0 amide bonds. The largest absolute Gasteiger partial charge is 0.381 e. The van der Waals surface area contributed by atoms with Gasteiger partial charge in [0.1, 0.15) is 5.02 Å². The number of nitrogens with zero attached hydrogens (tertiary/aromatic N) is 2. The summed E-state index contributed by atoms with van der Waals surface area (Å²) in [6.45, 7) is 3.58. The Morgan fingerprint density at radius 1 is 1.60 bits per heavy atom. The van der Waals surface area contributed by atoms with Gasteiger partial charge in [-0.2, -0.15) is 5.10 Å². The fraction of sp³-hybridized carbons (Fsp3) is 0.625. The number of hydrogen-bond acceptors (Lipinski definition) is 4. The number of rotatable bonds is 4. The number of halogens is 1. The fourth-order valence-corrected chi connectivity index (χ4v) is 2.05. The third-order valence-electron chi connectivity index (χ3n) is 2.07. The van der Waals surface area contributed by atoms with Gasteiger partial charge in [0.2, 0.25) is 0 Å². The number of sulfone groups is 1. The Bertz CT molecular complexity index is 419. The standard InChI is InChI=1S/C8H14ClN3O2S/c1-6(2)15(13,14)4-3-12-5-7(9)8(10)11-12/h5-6H,3-4H2,1-2H3,(H2,10,11). The van der Waals surface area contributed by atoms with E-state index in [1.165, 1.54) is 10.9 Å². The number of aromatic nitrogens is 2. The first-order valence-electron chi connectivity index (χ1n) is 4.53. The maximum Gasteiger partial charge on any atom is 0.164 e. The summed E-state index contributed by atoms with van der Waals surface area (Å²) in [7, 11) is -3.04. The Balaban J connectivity index is 2.66. The third kappa shape index (κ3) is 3.10. The normalized spacial score (nSPS) is 12.3. The first-order chi connectivity index (χ1) is 6.83. The average Bonchev–Trinajstić information content (AvgIpc) is 2.43. The van der Waals surface area contributed by atoms with Crippen molar-refractivity contribution in [2.45, 2.75) is 25.6 Å². The second kappa shape index (κ2) is 4.40. The summed E-state index contributed by atoms with van der Waals surface area (Å²) >= 11 is 5.68. The minimum atomic E-state index is -3.04. The molecule has 7 heteroatoms. The molecule has 0 fully saturated rings. The molecule has 0 bridgehead atoms. The summed E-state index contributed by atoms with van der Waals surface area (Å²) < 4.78 is 24.4. The highest BCUT2D eigenvalue weighted by Gasteiger charge is 2.16. The van der Waals surface area contributed by atoms with Gasteiger partial charge in [0.25, 0.3) is 0 Å². The Hall–Kier alpha value is -0.750. The van der Waals surface area contributed by atoms with Crippen molar-refractivity contribution >= 4 is 27.3 Å². The average molecular weight is 252 g/mol. The van der Waals surface area contributed by atoms with Gasteiger partial charge in [0, 0.05) is 6.20 Å². The molecule has 5 nitrogen and oxygen atoms in total. The molecule has 15 heavy (non-hydrogen) atoms. The lowest BCUT2D eigenvalue weighted by Crippen LogP contribution is -2.21. The number of nitrogen functional groups attached to an aromatic ring is 1. The van der Waals surface area contributed by atoms with Gasteiger partial charge in [0.15, 0.2) is 15.7 Å². The van der Waals surface area contributed by atoms with E-state index in [0.717, 1.165) is 0 Å². The molecule has 1 rings (SSSR count). The van der Waals surface area contributed by atoms with Crippen molar-refractivity contribution in [1.29, 1.82) is 0 Å². The smallest absolute Gasteiger partial charge is 0.164 e. The molecule has 0 aromatic carbocycles. The zero-order valence-corrected chi connectivity index (χ0v) is 10.2. The van der Waals surface area contributed by atoms with Crippen LogP contribution in [0.4, 0.5) is 5.82 Å². The highest BCUT2D eigenvalue weighted by molar-refractivity contribution is 7.91. The van der Waals surface area contributed by atoms with Gasteiger partial charge < -0.3 is 5.73 Å². The van der Waals surface area contributed by atoms with Crippen LogP contribution in [0, 0.1) is 0 Å². The van der Waals surface area contributed by atoms with E-state index in [9.17, 15) is 8.42 Å². The molecule has 0 saturated heterocycles. The summed E-state index contributed by atoms with van der Waals surface area (Å²) in [5.74, 6) is 0.265. The van der Waals surface area contributed by atoms with Gasteiger partial charge in [-0.3, -0.25) is 4.68 Å². The zero-order valence-electron chi connectivity index (χ0n) is 8.64. The van der Waals surface area contributed by atoms with Crippen molar-refractivity contribution in [2.24, 2.45) is 0 Å². The first-order valence-corrected chi connectivity index (χ1v) is 6.62. The van der Waals surface area contributed by atoms with Crippen LogP contribution in [0.1, 0.15) is 13.8 Å². The van der Waals surface area contributed by atoms with Crippen molar-refractivity contribution in [3.05, 3.63) is 11.2 Å². The molecule has 2 N–H and O–H groups in total. The Morgan fingerprint density at radius 2 is 2.20 bits per heavy atom. The van der Waals surface area contributed by atoms with Crippen molar-refractivity contribution in [1.82, 2.24) is 9.78 Å². The molecule has 1 aromatic heterocycles. The summed E-state index contributed by atoms with van der Waals surface area (Å²) in [6, 6.07) is 0. The van der Waals surface area contributed by atoms with E-state index < -0.39 is 9.84 Å². The molecule has 1 heterocycles. The fourth-order valence-electron chi connectivity index (χ4n) is 0.983. The van der Waals surface area contributed by atoms with Crippen LogP contribution in [-0.2, 0) is 16.4 Å². The van der Waals surface area contributed by atoms with Crippen LogP contribution in [0.15, 0.2) is 6.20 Å². The lowest BCUT2D eigenvalue weighted by molar-refractivity contribution is 0.573. The van der Waals surface area contributed by atoms with E-state index >= 15 is 0 Å². The minimum Gasteiger partial charge on any atom is -0.381 e. The molecule has 0 radical (unpaired) electrons. The van der Waals surface area contributed by atoms with Crippen LogP contribution < -0.4 is 5.73 Å². The van der Waals surface area contributed by atoms with E-state index in [1.807, 2.05) is 0 Å². The van der Waals surface area contributed by atoms with Crippen LogP contribution in [-0.4, -0.2) is 29.2 Å². The lowest BCUT2D eigenvalue weighted by Gasteiger charge is -2.06. The third-order valence-corrected chi connectivity index (χ3v) is 4.55. The van der Waals surface area contributed by atoms with Gasteiger partial charge in [0.05, 0.1) is 17.5 Å². The molecule has 86 valence electrons. The molecule has 0 atom stereocenters.